The number of nitrogens with one attached hydrogen (secondary N) is 1. The number of aromatic nitrogens is 1. The van der Waals surface area contributed by atoms with E-state index in [1.807, 2.05) is 128 Å². The molecule has 0 fully saturated rings. The Morgan fingerprint density at radius 3 is 1.67 bits per heavy atom. The van der Waals surface area contributed by atoms with Crippen molar-refractivity contribution >= 4 is 22.5 Å². The number of anilines is 1. The molecular formula is C30H24N2O. The Bertz CT molecular complexity index is 1300. The van der Waals surface area contributed by atoms with E-state index in [0.717, 1.165) is 33.3 Å². The summed E-state index contributed by atoms with van der Waals surface area (Å²) in [5, 5.41) is 4.24. The smallest absolute Gasteiger partial charge is 0.244 e. The molecular weight excluding hydrogens is 404 g/mol. The highest BCUT2D eigenvalue weighted by molar-refractivity contribution is 6.08. The number of amides is 1. The zero-order valence-corrected chi connectivity index (χ0v) is 18.4. The first-order valence-electron chi connectivity index (χ1n) is 11.0. The van der Waals surface area contributed by atoms with E-state index in [9.17, 15) is 4.79 Å². The number of aryl methyl sites for hydroxylation is 1. The molecule has 0 spiro atoms. The molecule has 33 heavy (non-hydrogen) atoms. The zero-order chi connectivity index (χ0) is 22.7. The summed E-state index contributed by atoms with van der Waals surface area (Å²) < 4.78 is 0. The van der Waals surface area contributed by atoms with Gasteiger partial charge < -0.3 is 5.32 Å². The van der Waals surface area contributed by atoms with Gasteiger partial charge in [0, 0.05) is 11.1 Å². The summed E-state index contributed by atoms with van der Waals surface area (Å²) in [6.07, 6.45) is 0. The predicted molar refractivity (Wildman–Crippen MR) is 134 cm³/mol. The number of hydrogen-bond acceptors (Lipinski definition) is 2. The lowest BCUT2D eigenvalue weighted by Crippen LogP contribution is -2.42. The lowest BCUT2D eigenvalue weighted by atomic mass is 9.68. The van der Waals surface area contributed by atoms with Gasteiger partial charge in [0.25, 0.3) is 0 Å². The molecule has 5 rings (SSSR count). The van der Waals surface area contributed by atoms with Gasteiger partial charge in [-0.3, -0.25) is 9.78 Å². The van der Waals surface area contributed by atoms with Crippen molar-refractivity contribution in [2.45, 2.75) is 12.3 Å². The second-order valence-electron chi connectivity index (χ2n) is 8.13. The molecule has 0 saturated heterocycles. The average molecular weight is 429 g/mol. The third-order valence-electron chi connectivity index (χ3n) is 6.07. The van der Waals surface area contributed by atoms with Crippen LogP contribution >= 0.6 is 0 Å². The summed E-state index contributed by atoms with van der Waals surface area (Å²) in [6.45, 7) is 1.96. The lowest BCUT2D eigenvalue weighted by Gasteiger charge is -2.34. The van der Waals surface area contributed by atoms with Gasteiger partial charge in [-0.1, -0.05) is 109 Å². The van der Waals surface area contributed by atoms with Crippen LogP contribution in [0.3, 0.4) is 0 Å². The molecule has 0 aliphatic rings. The molecule has 160 valence electrons. The predicted octanol–water partition coefficient (Wildman–Crippen LogP) is 6.52. The fourth-order valence-electron chi connectivity index (χ4n) is 4.52. The standard InChI is InChI=1S/C30H24N2O/c1-22-20-21-23-12-11-19-27(28(23)31-22)32-29(33)30(24-13-5-2-6-14-24,25-15-7-3-8-16-25)26-17-9-4-10-18-26/h2-21H,1H3,(H,32,33). The number of para-hydroxylation sites is 1. The van der Waals surface area contributed by atoms with Gasteiger partial charge in [-0.2, -0.15) is 0 Å². The van der Waals surface area contributed by atoms with E-state index in [0.29, 0.717) is 5.69 Å². The van der Waals surface area contributed by atoms with Crippen LogP contribution in [-0.2, 0) is 10.2 Å². The second-order valence-corrected chi connectivity index (χ2v) is 8.13. The number of hydrogen-bond donors (Lipinski definition) is 1. The van der Waals surface area contributed by atoms with Crippen molar-refractivity contribution < 1.29 is 4.79 Å². The van der Waals surface area contributed by atoms with E-state index in [1.165, 1.54) is 0 Å². The van der Waals surface area contributed by atoms with Crippen molar-refractivity contribution in [3.8, 4) is 0 Å². The Kier molecular flexibility index (Phi) is 5.45. The van der Waals surface area contributed by atoms with Crippen molar-refractivity contribution in [3.63, 3.8) is 0 Å². The third kappa shape index (κ3) is 3.68. The summed E-state index contributed by atoms with van der Waals surface area (Å²) in [4.78, 5) is 19.1. The average Bonchev–Trinajstić information content (AvgIpc) is 2.87. The first kappa shape index (κ1) is 20.7. The van der Waals surface area contributed by atoms with E-state index in [-0.39, 0.29) is 5.91 Å². The lowest BCUT2D eigenvalue weighted by molar-refractivity contribution is -0.119. The fraction of sp³-hybridized carbons (Fsp3) is 0.0667. The fourth-order valence-corrected chi connectivity index (χ4v) is 4.52. The Balaban J connectivity index is 1.75. The summed E-state index contributed by atoms with van der Waals surface area (Å²) in [7, 11) is 0. The number of rotatable bonds is 5. The molecule has 1 N–H and O–H groups in total. The molecule has 0 radical (unpaired) electrons. The number of carbonyl (C=O) groups is 1. The van der Waals surface area contributed by atoms with Crippen molar-refractivity contribution in [3.05, 3.63) is 144 Å². The summed E-state index contributed by atoms with van der Waals surface area (Å²) >= 11 is 0. The zero-order valence-electron chi connectivity index (χ0n) is 18.4. The van der Waals surface area contributed by atoms with E-state index in [2.05, 4.69) is 5.32 Å². The van der Waals surface area contributed by atoms with Crippen LogP contribution in [0.25, 0.3) is 10.9 Å². The molecule has 0 atom stereocenters. The third-order valence-corrected chi connectivity index (χ3v) is 6.07. The Morgan fingerprint density at radius 2 is 1.15 bits per heavy atom. The molecule has 1 amide bonds. The van der Waals surface area contributed by atoms with Crippen LogP contribution in [0, 0.1) is 6.92 Å². The quantitative estimate of drug-likeness (QED) is 0.324. The normalized spacial score (nSPS) is 11.3. The van der Waals surface area contributed by atoms with Crippen LogP contribution in [0.1, 0.15) is 22.4 Å². The van der Waals surface area contributed by atoms with Crippen LogP contribution in [-0.4, -0.2) is 10.9 Å². The highest BCUT2D eigenvalue weighted by atomic mass is 16.2. The maximum atomic E-state index is 14.4. The molecule has 0 aliphatic heterocycles. The highest BCUT2D eigenvalue weighted by Gasteiger charge is 2.43. The number of carbonyl (C=O) groups excluding carboxylic acids is 1. The maximum absolute atomic E-state index is 14.4. The minimum atomic E-state index is -1.03. The van der Waals surface area contributed by atoms with E-state index < -0.39 is 5.41 Å². The first-order chi connectivity index (χ1) is 16.2. The van der Waals surface area contributed by atoms with Crippen LogP contribution in [0.4, 0.5) is 5.69 Å². The molecule has 0 aliphatic carbocycles. The SMILES string of the molecule is Cc1ccc2cccc(NC(=O)C(c3ccccc3)(c3ccccc3)c3ccccc3)c2n1. The molecule has 0 unspecified atom stereocenters. The largest absolute Gasteiger partial charge is 0.323 e. The van der Waals surface area contributed by atoms with E-state index >= 15 is 0 Å². The molecule has 3 heteroatoms. The van der Waals surface area contributed by atoms with Crippen molar-refractivity contribution in [1.82, 2.24) is 4.98 Å². The Morgan fingerprint density at radius 1 is 0.636 bits per heavy atom. The maximum Gasteiger partial charge on any atom is 0.244 e. The monoisotopic (exact) mass is 428 g/mol. The number of benzene rings is 4. The molecule has 5 aromatic rings. The van der Waals surface area contributed by atoms with E-state index in [1.54, 1.807) is 0 Å². The Labute approximate surface area is 193 Å². The van der Waals surface area contributed by atoms with Gasteiger partial charge in [0.15, 0.2) is 0 Å². The van der Waals surface area contributed by atoms with Crippen LogP contribution in [0.5, 0.6) is 0 Å². The first-order valence-corrected chi connectivity index (χ1v) is 11.0. The highest BCUT2D eigenvalue weighted by Crippen LogP contribution is 2.40. The van der Waals surface area contributed by atoms with Gasteiger partial charge >= 0.3 is 0 Å². The minimum absolute atomic E-state index is 0.123. The van der Waals surface area contributed by atoms with E-state index in [4.69, 9.17) is 4.98 Å². The number of pyridine rings is 1. The topological polar surface area (TPSA) is 42.0 Å². The van der Waals surface area contributed by atoms with Crippen molar-refractivity contribution in [2.24, 2.45) is 0 Å². The van der Waals surface area contributed by atoms with Gasteiger partial charge in [-0.05, 0) is 35.7 Å². The number of fused-ring (bicyclic) bond motifs is 1. The molecule has 0 saturated carbocycles. The van der Waals surface area contributed by atoms with Gasteiger partial charge in [0.1, 0.15) is 5.41 Å². The molecule has 1 heterocycles. The van der Waals surface area contributed by atoms with Gasteiger partial charge in [-0.25, -0.2) is 0 Å². The number of nitrogens with zero attached hydrogens (tertiary/aromatic N) is 1. The van der Waals surface area contributed by atoms with Gasteiger partial charge in [-0.15, -0.1) is 0 Å². The molecule has 0 bridgehead atoms. The second kappa shape index (κ2) is 8.71. The molecule has 4 aromatic carbocycles. The summed E-state index contributed by atoms with van der Waals surface area (Å²) in [5.41, 5.74) is 4.08. The van der Waals surface area contributed by atoms with Crippen molar-refractivity contribution in [2.75, 3.05) is 5.32 Å². The summed E-state index contributed by atoms with van der Waals surface area (Å²) in [5.74, 6) is -0.123. The minimum Gasteiger partial charge on any atom is -0.323 e. The van der Waals surface area contributed by atoms with Crippen LogP contribution in [0.2, 0.25) is 0 Å². The molecule has 3 nitrogen and oxygen atoms in total. The molecule has 1 aromatic heterocycles. The van der Waals surface area contributed by atoms with Crippen LogP contribution in [0.15, 0.2) is 121 Å². The van der Waals surface area contributed by atoms with Crippen molar-refractivity contribution in [1.29, 1.82) is 0 Å². The van der Waals surface area contributed by atoms with Gasteiger partial charge in [0.2, 0.25) is 5.91 Å². The van der Waals surface area contributed by atoms with Crippen LogP contribution < -0.4 is 5.32 Å². The Hall–Kier alpha value is -4.24. The van der Waals surface area contributed by atoms with Gasteiger partial charge in [0.05, 0.1) is 11.2 Å². The summed E-state index contributed by atoms with van der Waals surface area (Å²) in [6, 6.07) is 39.8.